The summed E-state index contributed by atoms with van der Waals surface area (Å²) >= 11 is 3.63. The van der Waals surface area contributed by atoms with E-state index in [1.165, 1.54) is 0 Å². The normalized spacial score (nSPS) is 9.71. The van der Waals surface area contributed by atoms with Gasteiger partial charge in [-0.1, -0.05) is 0 Å². The van der Waals surface area contributed by atoms with Gasteiger partial charge < -0.3 is 4.74 Å². The van der Waals surface area contributed by atoms with Crippen LogP contribution in [0.25, 0.3) is 0 Å². The Morgan fingerprint density at radius 2 is 1.94 bits per heavy atom. The lowest BCUT2D eigenvalue weighted by Crippen LogP contribution is -2.10. The molecule has 0 saturated heterocycles. The van der Waals surface area contributed by atoms with E-state index in [9.17, 15) is 25.0 Å². The topological polar surface area (TPSA) is 113 Å². The number of rotatable bonds is 4. The second-order valence-corrected chi connectivity index (χ2v) is 3.11. The van der Waals surface area contributed by atoms with Crippen LogP contribution < -0.4 is 4.74 Å². The highest BCUT2D eigenvalue weighted by Gasteiger charge is 2.22. The van der Waals surface area contributed by atoms with E-state index in [-0.39, 0.29) is 11.5 Å². The highest BCUT2D eigenvalue weighted by atomic mass is 32.1. The van der Waals surface area contributed by atoms with E-state index in [4.69, 9.17) is 0 Å². The van der Waals surface area contributed by atoms with E-state index >= 15 is 0 Å². The summed E-state index contributed by atoms with van der Waals surface area (Å²) in [6.45, 7) is 0. The number of carbonyl (C=O) groups excluding carboxylic acids is 1. The van der Waals surface area contributed by atoms with E-state index in [1.54, 1.807) is 0 Å². The van der Waals surface area contributed by atoms with E-state index in [2.05, 4.69) is 17.4 Å². The third-order valence-corrected chi connectivity index (χ3v) is 1.96. The average molecular weight is 258 g/mol. The molecule has 9 heteroatoms. The molecule has 0 aromatic heterocycles. The number of hydrogen-bond donors (Lipinski definition) is 1. The van der Waals surface area contributed by atoms with Gasteiger partial charge in [-0.25, -0.2) is 0 Å². The summed E-state index contributed by atoms with van der Waals surface area (Å²) in [5, 5.41) is 21.1. The number of thiol groups is 1. The Labute approximate surface area is 99.9 Å². The third kappa shape index (κ3) is 3.14. The van der Waals surface area contributed by atoms with Crippen LogP contribution in [0.2, 0.25) is 0 Å². The molecule has 1 rings (SSSR count). The first-order valence-electron chi connectivity index (χ1n) is 4.20. The molecular weight excluding hydrogens is 252 g/mol. The number of nitro benzene ring substituents is 2. The first-order valence-corrected chi connectivity index (χ1v) is 4.83. The molecule has 1 aromatic rings. The summed E-state index contributed by atoms with van der Waals surface area (Å²) in [6, 6.07) is 2.73. The summed E-state index contributed by atoms with van der Waals surface area (Å²) < 4.78 is 4.61. The van der Waals surface area contributed by atoms with Gasteiger partial charge in [0, 0.05) is 6.07 Å². The van der Waals surface area contributed by atoms with Gasteiger partial charge in [-0.3, -0.25) is 25.0 Å². The summed E-state index contributed by atoms with van der Waals surface area (Å²) in [4.78, 5) is 30.3. The van der Waals surface area contributed by atoms with Crippen molar-refractivity contribution in [3.05, 3.63) is 38.4 Å². The van der Waals surface area contributed by atoms with Crippen LogP contribution in [-0.2, 0) is 4.79 Å². The minimum atomic E-state index is -0.867. The second-order valence-electron chi connectivity index (χ2n) is 2.80. The van der Waals surface area contributed by atoms with Gasteiger partial charge in [-0.15, -0.1) is 0 Å². The Kier molecular flexibility index (Phi) is 3.99. The van der Waals surface area contributed by atoms with Crippen molar-refractivity contribution in [1.82, 2.24) is 0 Å². The molecule has 1 aromatic carbocycles. The van der Waals surface area contributed by atoms with Crippen LogP contribution in [-0.4, -0.2) is 21.6 Å². The Bertz CT molecular complexity index is 489. The monoisotopic (exact) mass is 258 g/mol. The number of carbonyl (C=O) groups is 1. The highest BCUT2D eigenvalue weighted by Crippen LogP contribution is 2.30. The van der Waals surface area contributed by atoms with Crippen LogP contribution in [0.3, 0.4) is 0 Å². The summed E-state index contributed by atoms with van der Waals surface area (Å²) in [6.07, 6.45) is 0. The van der Waals surface area contributed by atoms with Crippen LogP contribution in [0, 0.1) is 20.2 Å². The van der Waals surface area contributed by atoms with E-state index in [0.717, 1.165) is 18.2 Å². The molecule has 0 atom stereocenters. The number of benzene rings is 1. The van der Waals surface area contributed by atoms with Crippen molar-refractivity contribution in [2.45, 2.75) is 0 Å². The minimum absolute atomic E-state index is 0.256. The zero-order valence-corrected chi connectivity index (χ0v) is 9.12. The van der Waals surface area contributed by atoms with Crippen molar-refractivity contribution in [1.29, 1.82) is 0 Å². The zero-order chi connectivity index (χ0) is 13.0. The van der Waals surface area contributed by atoms with Crippen LogP contribution in [0.15, 0.2) is 18.2 Å². The molecular formula is C8H6N2O6S. The molecule has 0 spiro atoms. The van der Waals surface area contributed by atoms with E-state index in [0.29, 0.717) is 0 Å². The number of esters is 1. The van der Waals surface area contributed by atoms with Crippen molar-refractivity contribution in [2.75, 3.05) is 5.75 Å². The van der Waals surface area contributed by atoms with Gasteiger partial charge in [0.1, 0.15) is 0 Å². The summed E-state index contributed by atoms with van der Waals surface area (Å²) in [5.74, 6) is -1.39. The smallest absolute Gasteiger partial charge is 0.321 e. The molecule has 0 radical (unpaired) electrons. The predicted molar refractivity (Wildman–Crippen MR) is 59.2 cm³/mol. The molecule has 0 fully saturated rings. The number of hydrogen-bond acceptors (Lipinski definition) is 7. The van der Waals surface area contributed by atoms with Crippen molar-refractivity contribution >= 4 is 30.0 Å². The predicted octanol–water partition coefficient (Wildman–Crippen LogP) is 1.34. The lowest BCUT2D eigenvalue weighted by atomic mass is 10.2. The first-order chi connectivity index (χ1) is 7.95. The van der Waals surface area contributed by atoms with E-state index < -0.39 is 27.2 Å². The number of nitro groups is 2. The van der Waals surface area contributed by atoms with Gasteiger partial charge in [-0.2, -0.15) is 12.6 Å². The quantitative estimate of drug-likeness (QED) is 0.286. The van der Waals surface area contributed by atoms with Gasteiger partial charge in [-0.05, 0) is 6.07 Å². The van der Waals surface area contributed by atoms with Gasteiger partial charge >= 0.3 is 11.7 Å². The highest BCUT2D eigenvalue weighted by molar-refractivity contribution is 7.81. The molecule has 8 nitrogen and oxygen atoms in total. The molecule has 0 bridgehead atoms. The molecule has 0 N–H and O–H groups in total. The van der Waals surface area contributed by atoms with Crippen molar-refractivity contribution in [2.24, 2.45) is 0 Å². The van der Waals surface area contributed by atoms with Crippen LogP contribution in [0.1, 0.15) is 0 Å². The number of nitrogens with zero attached hydrogens (tertiary/aromatic N) is 2. The molecule has 0 amide bonds. The Hall–Kier alpha value is -2.16. The maximum absolute atomic E-state index is 10.9. The van der Waals surface area contributed by atoms with Crippen molar-refractivity contribution in [3.8, 4) is 5.75 Å². The fraction of sp³-hybridized carbons (Fsp3) is 0.125. The standard InChI is InChI=1S/C8H6N2O6S/c11-8(4-17)16-7-2-1-5(9(12)13)3-6(7)10(14)15/h1-3,17H,4H2. The minimum Gasteiger partial charge on any atom is -0.419 e. The molecule has 90 valence electrons. The van der Waals surface area contributed by atoms with Crippen LogP contribution in [0.4, 0.5) is 11.4 Å². The van der Waals surface area contributed by atoms with Crippen molar-refractivity contribution in [3.63, 3.8) is 0 Å². The van der Waals surface area contributed by atoms with Gasteiger partial charge in [0.2, 0.25) is 5.75 Å². The zero-order valence-electron chi connectivity index (χ0n) is 8.23. The molecule has 0 aliphatic rings. The molecule has 0 aliphatic heterocycles. The largest absolute Gasteiger partial charge is 0.419 e. The molecule has 0 saturated carbocycles. The lowest BCUT2D eigenvalue weighted by molar-refractivity contribution is -0.394. The molecule has 0 unspecified atom stereocenters. The fourth-order valence-corrected chi connectivity index (χ4v) is 1.07. The van der Waals surface area contributed by atoms with Crippen LogP contribution >= 0.6 is 12.6 Å². The van der Waals surface area contributed by atoms with Crippen molar-refractivity contribution < 1.29 is 19.4 Å². The average Bonchev–Trinajstić information content (AvgIpc) is 2.28. The van der Waals surface area contributed by atoms with Gasteiger partial charge in [0.25, 0.3) is 5.69 Å². The Balaban J connectivity index is 3.17. The first kappa shape index (κ1) is 12.9. The molecule has 17 heavy (non-hydrogen) atoms. The summed E-state index contributed by atoms with van der Waals surface area (Å²) in [5.41, 5.74) is -1.10. The Morgan fingerprint density at radius 1 is 1.29 bits per heavy atom. The van der Waals surface area contributed by atoms with Crippen LogP contribution in [0.5, 0.6) is 5.75 Å². The third-order valence-electron chi connectivity index (χ3n) is 1.70. The number of ether oxygens (including phenoxy) is 1. The maximum Gasteiger partial charge on any atom is 0.321 e. The molecule has 0 heterocycles. The second kappa shape index (κ2) is 5.25. The van der Waals surface area contributed by atoms with E-state index in [1.807, 2.05) is 0 Å². The molecule has 0 aliphatic carbocycles. The summed E-state index contributed by atoms with van der Waals surface area (Å²) in [7, 11) is 0. The fourth-order valence-electron chi connectivity index (χ4n) is 1.00. The SMILES string of the molecule is O=C(CS)Oc1ccc([N+](=O)[O-])cc1[N+](=O)[O-]. The van der Waals surface area contributed by atoms with Gasteiger partial charge in [0.05, 0.1) is 21.7 Å². The Morgan fingerprint density at radius 3 is 2.41 bits per heavy atom. The van der Waals surface area contributed by atoms with Gasteiger partial charge in [0.15, 0.2) is 0 Å². The lowest BCUT2D eigenvalue weighted by Gasteiger charge is -2.02. The number of non-ortho nitro benzene ring substituents is 1. The maximum atomic E-state index is 10.9.